The monoisotopic (exact) mass is 379 g/mol. The lowest BCUT2D eigenvalue weighted by Gasteiger charge is -2.21. The zero-order valence-corrected chi connectivity index (χ0v) is 16.0. The van der Waals surface area contributed by atoms with Crippen molar-refractivity contribution in [2.24, 2.45) is 11.8 Å². The Morgan fingerprint density at radius 1 is 1.31 bits per heavy atom. The van der Waals surface area contributed by atoms with Crippen LogP contribution in [0.25, 0.3) is 0 Å². The molecule has 1 saturated heterocycles. The minimum absolute atomic E-state index is 0.0164. The predicted octanol–water partition coefficient (Wildman–Crippen LogP) is 0.925. The van der Waals surface area contributed by atoms with Crippen molar-refractivity contribution in [1.82, 2.24) is 14.5 Å². The molecule has 1 atom stereocenters. The summed E-state index contributed by atoms with van der Waals surface area (Å²) in [5, 5.41) is 2.85. The van der Waals surface area contributed by atoms with Crippen LogP contribution in [0, 0.1) is 11.8 Å². The summed E-state index contributed by atoms with van der Waals surface area (Å²) in [5.41, 5.74) is 0.343. The summed E-state index contributed by atoms with van der Waals surface area (Å²) in [4.78, 5) is 25.6. The van der Waals surface area contributed by atoms with Gasteiger partial charge in [0, 0.05) is 45.7 Å². The first-order valence-corrected chi connectivity index (χ1v) is 10.3. The van der Waals surface area contributed by atoms with Gasteiger partial charge in [-0.05, 0) is 42.9 Å². The molecule has 1 N–H and O–H groups in total. The zero-order chi connectivity index (χ0) is 18.9. The van der Waals surface area contributed by atoms with E-state index in [0.29, 0.717) is 31.0 Å². The maximum Gasteiger partial charge on any atom is 0.251 e. The largest absolute Gasteiger partial charge is 0.352 e. The maximum absolute atomic E-state index is 12.8. The number of sulfonamides is 1. The van der Waals surface area contributed by atoms with Gasteiger partial charge in [0.25, 0.3) is 5.91 Å². The number of likely N-dealkylation sites (tertiary alicyclic amines) is 1. The number of amides is 2. The van der Waals surface area contributed by atoms with Crippen molar-refractivity contribution in [2.45, 2.75) is 24.2 Å². The summed E-state index contributed by atoms with van der Waals surface area (Å²) in [5.74, 6) is 0.330. The Morgan fingerprint density at radius 2 is 2.04 bits per heavy atom. The summed E-state index contributed by atoms with van der Waals surface area (Å²) in [7, 11) is -0.478. The average Bonchev–Trinajstić information content (AvgIpc) is 3.38. The number of nitrogens with zero attached hydrogens (tertiary/aromatic N) is 2. The normalized spacial score (nSPS) is 20.7. The van der Waals surface area contributed by atoms with Crippen molar-refractivity contribution in [3.63, 3.8) is 0 Å². The van der Waals surface area contributed by atoms with Crippen LogP contribution in [0.3, 0.4) is 0 Å². The highest BCUT2D eigenvalue weighted by Gasteiger charge is 2.31. The lowest BCUT2D eigenvalue weighted by molar-refractivity contribution is -0.126. The van der Waals surface area contributed by atoms with E-state index < -0.39 is 10.0 Å². The molecule has 3 rings (SSSR count). The summed E-state index contributed by atoms with van der Waals surface area (Å²) >= 11 is 0. The topological polar surface area (TPSA) is 86.8 Å². The van der Waals surface area contributed by atoms with Gasteiger partial charge in [-0.15, -0.1) is 0 Å². The molecule has 1 saturated carbocycles. The van der Waals surface area contributed by atoms with Crippen LogP contribution in [0.5, 0.6) is 0 Å². The van der Waals surface area contributed by atoms with E-state index in [-0.39, 0.29) is 29.2 Å². The van der Waals surface area contributed by atoms with E-state index in [1.165, 1.54) is 23.5 Å². The Kier molecular flexibility index (Phi) is 5.34. The van der Waals surface area contributed by atoms with Gasteiger partial charge in [0.2, 0.25) is 15.9 Å². The Bertz CT molecular complexity index is 804. The van der Waals surface area contributed by atoms with E-state index >= 15 is 0 Å². The second kappa shape index (κ2) is 7.36. The number of benzene rings is 1. The molecule has 7 nitrogen and oxygen atoms in total. The minimum atomic E-state index is -3.71. The van der Waals surface area contributed by atoms with Crippen molar-refractivity contribution >= 4 is 21.8 Å². The van der Waals surface area contributed by atoms with Crippen molar-refractivity contribution in [2.75, 3.05) is 33.7 Å². The first-order chi connectivity index (χ1) is 12.3. The standard InChI is InChI=1S/C18H25N3O4S/c1-20-11-14(8-17(20)22)12-21(2)26(24,25)16-5-3-4-15(9-16)18(23)19-10-13-6-7-13/h3-5,9,13-14H,6-8,10-12H2,1-2H3,(H,19,23)/t14-/m0/s1. The van der Waals surface area contributed by atoms with Crippen LogP contribution in [0.4, 0.5) is 0 Å². The van der Waals surface area contributed by atoms with Crippen LogP contribution in [-0.4, -0.2) is 63.2 Å². The van der Waals surface area contributed by atoms with Crippen molar-refractivity contribution in [1.29, 1.82) is 0 Å². The number of hydrogen-bond donors (Lipinski definition) is 1. The van der Waals surface area contributed by atoms with E-state index in [2.05, 4.69) is 5.32 Å². The molecular formula is C18H25N3O4S. The first kappa shape index (κ1) is 18.8. The van der Waals surface area contributed by atoms with E-state index in [1.54, 1.807) is 24.1 Å². The van der Waals surface area contributed by atoms with E-state index in [9.17, 15) is 18.0 Å². The van der Waals surface area contributed by atoms with Crippen molar-refractivity contribution in [3.8, 4) is 0 Å². The molecule has 1 aromatic carbocycles. The number of hydrogen-bond acceptors (Lipinski definition) is 4. The Labute approximate surface area is 154 Å². The molecule has 0 unspecified atom stereocenters. The Balaban J connectivity index is 1.68. The predicted molar refractivity (Wildman–Crippen MR) is 97.1 cm³/mol. The molecule has 1 heterocycles. The fraction of sp³-hybridized carbons (Fsp3) is 0.556. The second-order valence-electron chi connectivity index (χ2n) is 7.31. The number of rotatable bonds is 7. The maximum atomic E-state index is 12.8. The molecule has 8 heteroatoms. The van der Waals surface area contributed by atoms with Gasteiger partial charge in [0.15, 0.2) is 0 Å². The summed E-state index contributed by atoms with van der Waals surface area (Å²) < 4.78 is 26.9. The fourth-order valence-corrected chi connectivity index (χ4v) is 4.47. The number of carbonyl (C=O) groups excluding carboxylic acids is 2. The summed E-state index contributed by atoms with van der Waals surface area (Å²) in [6, 6.07) is 6.11. The highest BCUT2D eigenvalue weighted by molar-refractivity contribution is 7.89. The second-order valence-corrected chi connectivity index (χ2v) is 9.36. The molecule has 1 aromatic rings. The van der Waals surface area contributed by atoms with Crippen molar-refractivity contribution in [3.05, 3.63) is 29.8 Å². The van der Waals surface area contributed by atoms with E-state index in [4.69, 9.17) is 0 Å². The molecule has 142 valence electrons. The third kappa shape index (κ3) is 4.24. The van der Waals surface area contributed by atoms with Gasteiger partial charge in [-0.1, -0.05) is 6.07 Å². The molecule has 0 bridgehead atoms. The molecule has 0 spiro atoms. The van der Waals surface area contributed by atoms with Crippen LogP contribution >= 0.6 is 0 Å². The molecular weight excluding hydrogens is 354 g/mol. The van der Waals surface area contributed by atoms with Crippen LogP contribution < -0.4 is 5.32 Å². The van der Waals surface area contributed by atoms with Crippen LogP contribution in [-0.2, 0) is 14.8 Å². The Morgan fingerprint density at radius 3 is 2.65 bits per heavy atom. The first-order valence-electron chi connectivity index (χ1n) is 8.86. The summed E-state index contributed by atoms with van der Waals surface area (Å²) in [6.07, 6.45) is 2.64. The summed E-state index contributed by atoms with van der Waals surface area (Å²) in [6.45, 7) is 1.47. The quantitative estimate of drug-likeness (QED) is 0.763. The molecule has 2 fully saturated rings. The highest BCUT2D eigenvalue weighted by atomic mass is 32.2. The van der Waals surface area contributed by atoms with Gasteiger partial charge >= 0.3 is 0 Å². The third-order valence-corrected chi connectivity index (χ3v) is 6.81. The third-order valence-electron chi connectivity index (χ3n) is 4.99. The molecule has 0 aromatic heterocycles. The van der Waals surface area contributed by atoms with Crippen molar-refractivity contribution < 1.29 is 18.0 Å². The molecule has 0 radical (unpaired) electrons. The van der Waals surface area contributed by atoms with E-state index in [0.717, 1.165) is 12.8 Å². The van der Waals surface area contributed by atoms with Crippen LogP contribution in [0.15, 0.2) is 29.2 Å². The van der Waals surface area contributed by atoms with Gasteiger partial charge in [0.1, 0.15) is 0 Å². The van der Waals surface area contributed by atoms with Crippen LogP contribution in [0.1, 0.15) is 29.6 Å². The highest BCUT2D eigenvalue weighted by Crippen LogP contribution is 2.27. The molecule has 2 aliphatic rings. The molecule has 1 aliphatic carbocycles. The molecule has 1 aliphatic heterocycles. The fourth-order valence-electron chi connectivity index (χ4n) is 3.18. The van der Waals surface area contributed by atoms with Gasteiger partial charge in [-0.25, -0.2) is 12.7 Å². The number of nitrogens with one attached hydrogen (secondary N) is 1. The lowest BCUT2D eigenvalue weighted by Crippen LogP contribution is -2.33. The Hall–Kier alpha value is -1.93. The van der Waals surface area contributed by atoms with Crippen LogP contribution in [0.2, 0.25) is 0 Å². The molecule has 2 amide bonds. The zero-order valence-electron chi connectivity index (χ0n) is 15.1. The number of carbonyl (C=O) groups is 2. The van der Waals surface area contributed by atoms with E-state index in [1.807, 2.05) is 0 Å². The molecule has 26 heavy (non-hydrogen) atoms. The van der Waals surface area contributed by atoms with Gasteiger partial charge in [-0.2, -0.15) is 0 Å². The minimum Gasteiger partial charge on any atom is -0.352 e. The SMILES string of the molecule is CN1C[C@@H](CN(C)S(=O)(=O)c2cccc(C(=O)NCC3CC3)c2)CC1=O. The van der Waals surface area contributed by atoms with Gasteiger partial charge < -0.3 is 10.2 Å². The van der Waals surface area contributed by atoms with Gasteiger partial charge in [-0.3, -0.25) is 9.59 Å². The van der Waals surface area contributed by atoms with Gasteiger partial charge in [0.05, 0.1) is 4.90 Å². The average molecular weight is 379 g/mol. The smallest absolute Gasteiger partial charge is 0.251 e. The lowest BCUT2D eigenvalue weighted by atomic mass is 10.1.